The van der Waals surface area contributed by atoms with Crippen molar-refractivity contribution in [2.75, 3.05) is 0 Å². The van der Waals surface area contributed by atoms with E-state index in [2.05, 4.69) is 15.5 Å². The normalized spacial score (nSPS) is 13.7. The van der Waals surface area contributed by atoms with Crippen LogP contribution in [0.5, 0.6) is 0 Å². The van der Waals surface area contributed by atoms with Gasteiger partial charge in [0.25, 0.3) is 0 Å². The third kappa shape index (κ3) is 4.09. The number of rotatable bonds is 6. The fraction of sp³-hybridized carbons (Fsp3) is 0.400. The van der Waals surface area contributed by atoms with Crippen molar-refractivity contribution in [3.8, 4) is 10.6 Å². The zero-order chi connectivity index (χ0) is 15.2. The number of amides is 1. The van der Waals surface area contributed by atoms with E-state index < -0.39 is 6.04 Å². The topological polar surface area (TPSA) is 80.9 Å². The van der Waals surface area contributed by atoms with Gasteiger partial charge in [-0.1, -0.05) is 61.9 Å². The van der Waals surface area contributed by atoms with E-state index in [0.717, 1.165) is 22.0 Å². The van der Waals surface area contributed by atoms with E-state index in [-0.39, 0.29) is 11.8 Å². The van der Waals surface area contributed by atoms with Crippen LogP contribution < -0.4 is 11.1 Å². The molecule has 1 aromatic heterocycles. The minimum Gasteiger partial charge on any atom is -0.348 e. The Bertz CT molecular complexity index is 584. The first-order valence-corrected chi connectivity index (χ1v) is 7.84. The standard InChI is InChI=1S/C15H20N4OS/c1-3-10(2)13(16)14(20)17-9-12-18-19-15(21-12)11-7-5-4-6-8-11/h4-8,10,13H,3,9,16H2,1-2H3,(H,17,20). The second-order valence-corrected chi connectivity index (χ2v) is 6.06. The number of nitrogens with zero attached hydrogens (tertiary/aromatic N) is 2. The van der Waals surface area contributed by atoms with Crippen molar-refractivity contribution in [1.29, 1.82) is 0 Å². The second kappa shape index (κ2) is 7.28. The zero-order valence-corrected chi connectivity index (χ0v) is 13.1. The van der Waals surface area contributed by atoms with Gasteiger partial charge < -0.3 is 11.1 Å². The summed E-state index contributed by atoms with van der Waals surface area (Å²) in [6, 6.07) is 9.38. The van der Waals surface area contributed by atoms with Crippen LogP contribution in [0.4, 0.5) is 0 Å². The molecule has 6 heteroatoms. The minimum atomic E-state index is -0.475. The Morgan fingerprint density at radius 2 is 2.05 bits per heavy atom. The van der Waals surface area contributed by atoms with Gasteiger partial charge in [-0.3, -0.25) is 4.79 Å². The van der Waals surface area contributed by atoms with Crippen LogP contribution in [-0.2, 0) is 11.3 Å². The number of carbonyl (C=O) groups is 1. The quantitative estimate of drug-likeness (QED) is 0.857. The maximum absolute atomic E-state index is 11.9. The van der Waals surface area contributed by atoms with Crippen LogP contribution >= 0.6 is 11.3 Å². The Hall–Kier alpha value is -1.79. The predicted octanol–water partition coefficient (Wildman–Crippen LogP) is 2.19. The summed E-state index contributed by atoms with van der Waals surface area (Å²) in [5.41, 5.74) is 6.92. The highest BCUT2D eigenvalue weighted by atomic mass is 32.1. The van der Waals surface area contributed by atoms with Crippen molar-refractivity contribution in [3.05, 3.63) is 35.3 Å². The van der Waals surface area contributed by atoms with Crippen molar-refractivity contribution in [2.45, 2.75) is 32.9 Å². The van der Waals surface area contributed by atoms with Gasteiger partial charge >= 0.3 is 0 Å². The maximum atomic E-state index is 11.9. The number of carbonyl (C=O) groups excluding carboxylic acids is 1. The van der Waals surface area contributed by atoms with Gasteiger partial charge in [-0.25, -0.2) is 0 Å². The molecule has 21 heavy (non-hydrogen) atoms. The molecule has 0 saturated heterocycles. The van der Waals surface area contributed by atoms with Gasteiger partial charge in [-0.05, 0) is 5.92 Å². The summed E-state index contributed by atoms with van der Waals surface area (Å²) < 4.78 is 0. The van der Waals surface area contributed by atoms with E-state index in [1.54, 1.807) is 0 Å². The SMILES string of the molecule is CCC(C)C(N)C(=O)NCc1nnc(-c2ccccc2)s1. The first-order chi connectivity index (χ1) is 10.1. The molecule has 2 atom stereocenters. The molecule has 2 unspecified atom stereocenters. The summed E-state index contributed by atoms with van der Waals surface area (Å²) in [4.78, 5) is 11.9. The van der Waals surface area contributed by atoms with E-state index in [1.165, 1.54) is 11.3 Å². The molecule has 1 heterocycles. The van der Waals surface area contributed by atoms with Gasteiger partial charge in [0.1, 0.15) is 10.0 Å². The van der Waals surface area contributed by atoms with E-state index in [9.17, 15) is 4.79 Å². The van der Waals surface area contributed by atoms with Gasteiger partial charge in [0.05, 0.1) is 12.6 Å². The number of nitrogens with two attached hydrogens (primary N) is 1. The molecule has 3 N–H and O–H groups in total. The first-order valence-electron chi connectivity index (χ1n) is 7.03. The molecule has 1 amide bonds. The van der Waals surface area contributed by atoms with Crippen LogP contribution in [0.1, 0.15) is 25.3 Å². The maximum Gasteiger partial charge on any atom is 0.237 e. The smallest absolute Gasteiger partial charge is 0.237 e. The first kappa shape index (κ1) is 15.6. The van der Waals surface area contributed by atoms with Crippen molar-refractivity contribution in [1.82, 2.24) is 15.5 Å². The molecule has 0 spiro atoms. The lowest BCUT2D eigenvalue weighted by Crippen LogP contribution is -2.44. The summed E-state index contributed by atoms with van der Waals surface area (Å²) in [6.45, 7) is 4.37. The van der Waals surface area contributed by atoms with Gasteiger partial charge in [0.2, 0.25) is 5.91 Å². The number of hydrogen-bond donors (Lipinski definition) is 2. The molecular formula is C15H20N4OS. The van der Waals surface area contributed by atoms with E-state index in [0.29, 0.717) is 6.54 Å². The van der Waals surface area contributed by atoms with Gasteiger partial charge in [0.15, 0.2) is 0 Å². The molecule has 1 aromatic carbocycles. The van der Waals surface area contributed by atoms with E-state index in [1.807, 2.05) is 44.2 Å². The lowest BCUT2D eigenvalue weighted by atomic mass is 9.99. The van der Waals surface area contributed by atoms with E-state index in [4.69, 9.17) is 5.73 Å². The summed E-state index contributed by atoms with van der Waals surface area (Å²) in [7, 11) is 0. The third-order valence-corrected chi connectivity index (χ3v) is 4.43. The van der Waals surface area contributed by atoms with Crippen LogP contribution in [0.3, 0.4) is 0 Å². The minimum absolute atomic E-state index is 0.138. The molecular weight excluding hydrogens is 284 g/mol. The average molecular weight is 304 g/mol. The van der Waals surface area contributed by atoms with E-state index >= 15 is 0 Å². The summed E-state index contributed by atoms with van der Waals surface area (Å²) >= 11 is 1.48. The van der Waals surface area contributed by atoms with Crippen LogP contribution in [0.25, 0.3) is 10.6 Å². The summed E-state index contributed by atoms with van der Waals surface area (Å²) in [5, 5.41) is 12.7. The van der Waals surface area contributed by atoms with Crippen LogP contribution in [0.15, 0.2) is 30.3 Å². The Labute approximate surface area is 128 Å². The summed E-state index contributed by atoms with van der Waals surface area (Å²) in [5.74, 6) is 0.0279. The van der Waals surface area contributed by atoms with Crippen LogP contribution in [0.2, 0.25) is 0 Å². The monoisotopic (exact) mass is 304 g/mol. The third-order valence-electron chi connectivity index (χ3n) is 3.46. The molecule has 2 aromatic rings. The Morgan fingerprint density at radius 1 is 1.33 bits per heavy atom. The van der Waals surface area contributed by atoms with Gasteiger partial charge in [-0.2, -0.15) is 0 Å². The van der Waals surface area contributed by atoms with Crippen LogP contribution in [0, 0.1) is 5.92 Å². The van der Waals surface area contributed by atoms with Crippen molar-refractivity contribution >= 4 is 17.2 Å². The van der Waals surface area contributed by atoms with Crippen molar-refractivity contribution in [3.63, 3.8) is 0 Å². The lowest BCUT2D eigenvalue weighted by molar-refractivity contribution is -0.123. The fourth-order valence-electron chi connectivity index (χ4n) is 1.82. The summed E-state index contributed by atoms with van der Waals surface area (Å²) in [6.07, 6.45) is 0.881. The van der Waals surface area contributed by atoms with Gasteiger partial charge in [0, 0.05) is 5.56 Å². The van der Waals surface area contributed by atoms with Gasteiger partial charge in [-0.15, -0.1) is 10.2 Å². The molecule has 0 radical (unpaired) electrons. The number of benzene rings is 1. The molecule has 0 fully saturated rings. The van der Waals surface area contributed by atoms with Crippen LogP contribution in [-0.4, -0.2) is 22.1 Å². The highest BCUT2D eigenvalue weighted by Gasteiger charge is 2.19. The Kier molecular flexibility index (Phi) is 5.41. The predicted molar refractivity (Wildman–Crippen MR) is 84.6 cm³/mol. The Balaban J connectivity index is 1.93. The van der Waals surface area contributed by atoms with Crippen molar-refractivity contribution < 1.29 is 4.79 Å². The molecule has 2 rings (SSSR count). The number of hydrogen-bond acceptors (Lipinski definition) is 5. The molecule has 0 saturated carbocycles. The number of nitrogens with one attached hydrogen (secondary N) is 1. The zero-order valence-electron chi connectivity index (χ0n) is 12.2. The van der Waals surface area contributed by atoms with Crippen molar-refractivity contribution in [2.24, 2.45) is 11.7 Å². The average Bonchev–Trinajstić information content (AvgIpc) is 3.01. The molecule has 0 bridgehead atoms. The molecule has 0 aliphatic heterocycles. The molecule has 0 aliphatic carbocycles. The largest absolute Gasteiger partial charge is 0.348 e. The molecule has 112 valence electrons. The molecule has 5 nitrogen and oxygen atoms in total. The fourth-order valence-corrected chi connectivity index (χ4v) is 2.60. The molecule has 0 aliphatic rings. The highest BCUT2D eigenvalue weighted by Crippen LogP contribution is 2.22. The number of aromatic nitrogens is 2. The second-order valence-electron chi connectivity index (χ2n) is 5.00. The lowest BCUT2D eigenvalue weighted by Gasteiger charge is -2.17. The highest BCUT2D eigenvalue weighted by molar-refractivity contribution is 7.14. The Morgan fingerprint density at radius 3 is 2.71 bits per heavy atom.